The lowest BCUT2D eigenvalue weighted by Gasteiger charge is -2.16. The summed E-state index contributed by atoms with van der Waals surface area (Å²) in [5.41, 5.74) is 17.9. The number of nitrogens with zero attached hydrogens (tertiary/aromatic N) is 5. The van der Waals surface area contributed by atoms with Gasteiger partial charge < -0.3 is 42.3 Å². The van der Waals surface area contributed by atoms with Gasteiger partial charge in [0.1, 0.15) is 30.3 Å². The van der Waals surface area contributed by atoms with E-state index >= 15 is 0 Å². The highest BCUT2D eigenvalue weighted by Crippen LogP contribution is 2.33. The van der Waals surface area contributed by atoms with Crippen LogP contribution in [0.25, 0.3) is 11.2 Å². The van der Waals surface area contributed by atoms with Gasteiger partial charge in [-0.2, -0.15) is 0 Å². The van der Waals surface area contributed by atoms with Gasteiger partial charge in [-0.1, -0.05) is 0 Å². The third-order valence-corrected chi connectivity index (χ3v) is 5.12. The number of aliphatic imine (C=N–C) groups is 1. The number of rotatable bonds is 10. The Balaban J connectivity index is 1.46. The Hall–Kier alpha value is -2.87. The normalized spacial score (nSPS) is 25.1. The van der Waals surface area contributed by atoms with E-state index in [1.54, 1.807) is 4.57 Å². The largest absolute Gasteiger partial charge is 0.388 e. The monoisotopic (exact) mass is 435 g/mol. The first-order valence-corrected chi connectivity index (χ1v) is 10.1. The summed E-state index contributed by atoms with van der Waals surface area (Å²) in [5.74, 6) is 0.526. The number of aromatic nitrogens is 4. The third kappa shape index (κ3) is 5.44. The highest BCUT2D eigenvalue weighted by atomic mass is 16.6. The number of nitrogens with one attached hydrogen (secondary N) is 1. The minimum atomic E-state index is -1.14. The average Bonchev–Trinajstić information content (AvgIpc) is 3.31. The van der Waals surface area contributed by atoms with Crippen molar-refractivity contribution in [1.29, 1.82) is 0 Å². The summed E-state index contributed by atoms with van der Waals surface area (Å²) in [4.78, 5) is 26.8. The predicted octanol–water partition coefficient (Wildman–Crippen LogP) is -1.98. The van der Waals surface area contributed by atoms with Gasteiger partial charge in [-0.15, -0.1) is 0 Å². The van der Waals surface area contributed by atoms with Crippen molar-refractivity contribution >= 4 is 29.2 Å². The highest BCUT2D eigenvalue weighted by molar-refractivity contribution is 5.81. The van der Waals surface area contributed by atoms with Crippen LogP contribution in [-0.2, 0) is 9.53 Å². The summed E-state index contributed by atoms with van der Waals surface area (Å²) < 4.78 is 7.43. The SMILES string of the molecule is NC(=NCCC[C@H](N)C=O)NCCC[C@H]1O[C@@H](n2cnc3c(N)ncnc32)[C@H](O)[C@@H]1O. The molecular formula is C18H29N9O4. The van der Waals surface area contributed by atoms with E-state index in [0.717, 1.165) is 0 Å². The third-order valence-electron chi connectivity index (χ3n) is 5.12. The number of carbonyl (C=O) groups is 1. The zero-order valence-electron chi connectivity index (χ0n) is 17.0. The van der Waals surface area contributed by atoms with Gasteiger partial charge in [0.05, 0.1) is 18.5 Å². The first-order chi connectivity index (χ1) is 14.9. The number of ether oxygens (including phenoxy) is 1. The van der Waals surface area contributed by atoms with Crippen LogP contribution >= 0.6 is 0 Å². The van der Waals surface area contributed by atoms with E-state index in [9.17, 15) is 15.0 Å². The second-order valence-corrected chi connectivity index (χ2v) is 7.41. The number of hydrogen-bond acceptors (Lipinski definition) is 10. The van der Waals surface area contributed by atoms with Gasteiger partial charge in [0.2, 0.25) is 0 Å². The lowest BCUT2D eigenvalue weighted by atomic mass is 10.1. The Morgan fingerprint density at radius 1 is 1.32 bits per heavy atom. The van der Waals surface area contributed by atoms with Crippen molar-refractivity contribution < 1.29 is 19.7 Å². The van der Waals surface area contributed by atoms with Gasteiger partial charge in [0.25, 0.3) is 0 Å². The summed E-state index contributed by atoms with van der Waals surface area (Å²) in [7, 11) is 0. The Bertz CT molecular complexity index is 905. The molecule has 0 amide bonds. The minimum absolute atomic E-state index is 0.227. The Labute approximate surface area is 178 Å². The fourth-order valence-electron chi connectivity index (χ4n) is 3.42. The topological polar surface area (TPSA) is 213 Å². The molecule has 0 spiro atoms. The number of aliphatic hydroxyl groups is 2. The first-order valence-electron chi connectivity index (χ1n) is 10.1. The van der Waals surface area contributed by atoms with Crippen LogP contribution in [0.3, 0.4) is 0 Å². The van der Waals surface area contributed by atoms with Crippen molar-refractivity contribution in [3.05, 3.63) is 12.7 Å². The molecule has 1 aliphatic rings. The summed E-state index contributed by atoms with van der Waals surface area (Å²) in [6, 6.07) is -0.466. The molecule has 1 aliphatic heterocycles. The molecule has 0 aromatic carbocycles. The number of aliphatic hydroxyl groups excluding tert-OH is 2. The van der Waals surface area contributed by atoms with Crippen molar-refractivity contribution in [3.8, 4) is 0 Å². The summed E-state index contributed by atoms with van der Waals surface area (Å²) in [6.45, 7) is 1.000. The molecule has 9 N–H and O–H groups in total. The molecule has 0 unspecified atom stereocenters. The van der Waals surface area contributed by atoms with Crippen molar-refractivity contribution in [3.63, 3.8) is 0 Å². The molecule has 2 aromatic heterocycles. The van der Waals surface area contributed by atoms with Crippen molar-refractivity contribution in [2.45, 2.75) is 56.3 Å². The van der Waals surface area contributed by atoms with Crippen LogP contribution in [-0.4, -0.2) is 79.4 Å². The zero-order valence-corrected chi connectivity index (χ0v) is 17.0. The fraction of sp³-hybridized carbons (Fsp3) is 0.611. The molecule has 31 heavy (non-hydrogen) atoms. The van der Waals surface area contributed by atoms with E-state index in [1.807, 2.05) is 0 Å². The molecule has 13 nitrogen and oxygen atoms in total. The number of nitrogens with two attached hydrogens (primary N) is 3. The number of fused-ring (bicyclic) bond motifs is 1. The standard InChI is InChI=1S/C18H29N9O4/c19-10(7-28)3-1-5-22-18(21)23-6-2-4-11-13(29)14(30)17(31-11)27-9-26-12-15(20)24-8-25-16(12)27/h7-11,13-14,17,29-30H,1-6,19H2,(H2,20,24,25)(H3,21,22,23)/t10-,11+,13+,14+,17+/m0/s1. The van der Waals surface area contributed by atoms with Crippen LogP contribution < -0.4 is 22.5 Å². The molecule has 2 aromatic rings. The van der Waals surface area contributed by atoms with Gasteiger partial charge in [-0.3, -0.25) is 9.56 Å². The number of nitrogen functional groups attached to an aromatic ring is 1. The number of aldehydes is 1. The smallest absolute Gasteiger partial charge is 0.188 e. The van der Waals surface area contributed by atoms with Gasteiger partial charge in [0, 0.05) is 13.1 Å². The molecule has 0 bridgehead atoms. The average molecular weight is 435 g/mol. The first kappa shape index (κ1) is 22.8. The zero-order chi connectivity index (χ0) is 22.4. The van der Waals surface area contributed by atoms with E-state index in [1.165, 1.54) is 12.7 Å². The molecule has 1 saturated heterocycles. The van der Waals surface area contributed by atoms with E-state index < -0.39 is 30.6 Å². The van der Waals surface area contributed by atoms with Crippen LogP contribution in [0, 0.1) is 0 Å². The molecule has 0 radical (unpaired) electrons. The maximum atomic E-state index is 10.5. The number of carbonyl (C=O) groups excluding carboxylic acids is 1. The van der Waals surface area contributed by atoms with Crippen LogP contribution in [0.1, 0.15) is 31.9 Å². The fourth-order valence-corrected chi connectivity index (χ4v) is 3.42. The van der Waals surface area contributed by atoms with Crippen molar-refractivity contribution in [1.82, 2.24) is 24.8 Å². The maximum absolute atomic E-state index is 10.5. The predicted molar refractivity (Wildman–Crippen MR) is 113 cm³/mol. The number of guanidine groups is 1. The number of anilines is 1. The quantitative estimate of drug-likeness (QED) is 0.104. The van der Waals surface area contributed by atoms with Crippen LogP contribution in [0.15, 0.2) is 17.6 Å². The minimum Gasteiger partial charge on any atom is -0.388 e. The van der Waals surface area contributed by atoms with Crippen molar-refractivity contribution in [2.24, 2.45) is 16.5 Å². The highest BCUT2D eigenvalue weighted by Gasteiger charge is 2.43. The van der Waals surface area contributed by atoms with Gasteiger partial charge in [-0.25, -0.2) is 15.0 Å². The second-order valence-electron chi connectivity index (χ2n) is 7.41. The molecule has 3 heterocycles. The van der Waals surface area contributed by atoms with Crippen LogP contribution in [0.4, 0.5) is 5.82 Å². The summed E-state index contributed by atoms with van der Waals surface area (Å²) >= 11 is 0. The lowest BCUT2D eigenvalue weighted by Crippen LogP contribution is -2.34. The number of imidazole rings is 1. The van der Waals surface area contributed by atoms with Crippen molar-refractivity contribution in [2.75, 3.05) is 18.8 Å². The molecule has 0 aliphatic carbocycles. The molecule has 0 saturated carbocycles. The van der Waals surface area contributed by atoms with Gasteiger partial charge in [-0.05, 0) is 25.7 Å². The Morgan fingerprint density at radius 2 is 2.13 bits per heavy atom. The van der Waals surface area contributed by atoms with Gasteiger partial charge in [0.15, 0.2) is 23.7 Å². The van der Waals surface area contributed by atoms with E-state index in [-0.39, 0.29) is 5.82 Å². The maximum Gasteiger partial charge on any atom is 0.188 e. The van der Waals surface area contributed by atoms with E-state index in [2.05, 4.69) is 25.3 Å². The molecular weight excluding hydrogens is 406 g/mol. The molecule has 5 atom stereocenters. The van der Waals surface area contributed by atoms with E-state index in [0.29, 0.717) is 62.2 Å². The lowest BCUT2D eigenvalue weighted by molar-refractivity contribution is -0.109. The molecule has 3 rings (SSSR count). The Kier molecular flexibility index (Phi) is 7.68. The van der Waals surface area contributed by atoms with Crippen LogP contribution in [0.2, 0.25) is 0 Å². The second kappa shape index (κ2) is 10.4. The van der Waals surface area contributed by atoms with Gasteiger partial charge >= 0.3 is 0 Å². The summed E-state index contributed by atoms with van der Waals surface area (Å²) in [6.07, 6.45) is 2.22. The molecule has 13 heteroatoms. The van der Waals surface area contributed by atoms with E-state index in [4.69, 9.17) is 21.9 Å². The van der Waals surface area contributed by atoms with Crippen LogP contribution in [0.5, 0.6) is 0 Å². The molecule has 170 valence electrons. The molecule has 1 fully saturated rings. The summed E-state index contributed by atoms with van der Waals surface area (Å²) in [5, 5.41) is 23.9. The number of hydrogen-bond donors (Lipinski definition) is 6. The Morgan fingerprint density at radius 3 is 2.90 bits per heavy atom.